The van der Waals surface area contributed by atoms with E-state index in [1.807, 2.05) is 43.0 Å². The van der Waals surface area contributed by atoms with Crippen LogP contribution in [0.5, 0.6) is 5.75 Å². The predicted octanol–water partition coefficient (Wildman–Crippen LogP) is 4.33. The van der Waals surface area contributed by atoms with Gasteiger partial charge in [-0.3, -0.25) is 9.59 Å². The van der Waals surface area contributed by atoms with Crippen LogP contribution in [0.1, 0.15) is 70.9 Å². The first-order chi connectivity index (χ1) is 13.5. The molecule has 0 saturated carbocycles. The summed E-state index contributed by atoms with van der Waals surface area (Å²) in [6, 6.07) is 7.93. The van der Waals surface area contributed by atoms with Gasteiger partial charge in [0.05, 0.1) is 19.1 Å². The molecule has 0 bridgehead atoms. The minimum Gasteiger partial charge on any atom is -0.497 e. The van der Waals surface area contributed by atoms with Crippen molar-refractivity contribution in [2.45, 2.75) is 65.3 Å². The van der Waals surface area contributed by atoms with Crippen molar-refractivity contribution in [1.29, 1.82) is 0 Å². The predicted molar refractivity (Wildman–Crippen MR) is 112 cm³/mol. The van der Waals surface area contributed by atoms with E-state index in [1.54, 1.807) is 7.11 Å². The van der Waals surface area contributed by atoms with E-state index in [-0.39, 0.29) is 29.7 Å². The van der Waals surface area contributed by atoms with Crippen LogP contribution in [0, 0.1) is 11.8 Å². The number of benzene rings is 1. The Morgan fingerprint density at radius 1 is 1.25 bits per heavy atom. The van der Waals surface area contributed by atoms with Crippen LogP contribution in [0.25, 0.3) is 0 Å². The Bertz CT molecular complexity index is 629. The fraction of sp³-hybridized carbons (Fsp3) is 0.652. The van der Waals surface area contributed by atoms with Crippen LogP contribution in [0.4, 0.5) is 0 Å². The Balaban J connectivity index is 2.04. The van der Waals surface area contributed by atoms with E-state index in [1.165, 1.54) is 0 Å². The van der Waals surface area contributed by atoms with Crippen molar-refractivity contribution in [3.8, 4) is 5.75 Å². The molecule has 156 valence electrons. The topological polar surface area (TPSA) is 58.6 Å². The van der Waals surface area contributed by atoms with E-state index in [0.717, 1.165) is 56.4 Å². The lowest BCUT2D eigenvalue weighted by atomic mass is 9.94. The summed E-state index contributed by atoms with van der Waals surface area (Å²) in [5, 5.41) is 3.26. The summed E-state index contributed by atoms with van der Waals surface area (Å²) in [6.07, 6.45) is 5.63. The average Bonchev–Trinajstić information content (AvgIpc) is 2.75. The molecule has 2 rings (SSSR count). The summed E-state index contributed by atoms with van der Waals surface area (Å²) < 4.78 is 5.24. The third-order valence-corrected chi connectivity index (χ3v) is 5.82. The molecule has 3 atom stereocenters. The normalized spacial score (nSPS) is 19.0. The summed E-state index contributed by atoms with van der Waals surface area (Å²) in [5.41, 5.74) is 1.10. The van der Waals surface area contributed by atoms with Crippen molar-refractivity contribution in [3.63, 3.8) is 0 Å². The Kier molecular flexibility index (Phi) is 8.81. The zero-order chi connectivity index (χ0) is 20.5. The highest BCUT2D eigenvalue weighted by Gasteiger charge is 2.31. The van der Waals surface area contributed by atoms with Gasteiger partial charge in [-0.1, -0.05) is 45.7 Å². The molecule has 1 heterocycles. The fourth-order valence-electron chi connectivity index (χ4n) is 3.73. The molecule has 28 heavy (non-hydrogen) atoms. The van der Waals surface area contributed by atoms with Crippen molar-refractivity contribution < 1.29 is 14.3 Å². The summed E-state index contributed by atoms with van der Waals surface area (Å²) in [7, 11) is 1.65. The number of nitrogens with one attached hydrogen (secondary N) is 1. The molecule has 0 radical (unpaired) electrons. The molecule has 5 heteroatoms. The molecule has 1 saturated heterocycles. The standard InChI is InChI=1S/C23H36N2O3/c1-5-7-10-21(18-11-13-20(28-4)14-12-18)24-22(26)19-9-8-15-25(16-19)23(27)17(3)6-2/h11-14,17,19,21H,5-10,15-16H2,1-4H3,(H,24,26). The SMILES string of the molecule is CCCCC(NC(=O)C1CCCN(C(=O)C(C)CC)C1)c1ccc(OC)cc1. The molecule has 1 aliphatic rings. The van der Waals surface area contributed by atoms with Crippen LogP contribution in [-0.4, -0.2) is 36.9 Å². The maximum atomic E-state index is 13.0. The second-order valence-corrected chi connectivity index (χ2v) is 7.91. The number of piperidine rings is 1. The molecule has 1 aromatic carbocycles. The Morgan fingerprint density at radius 3 is 2.57 bits per heavy atom. The van der Waals surface area contributed by atoms with Crippen LogP contribution >= 0.6 is 0 Å². The highest BCUT2D eigenvalue weighted by Crippen LogP contribution is 2.25. The molecule has 1 aliphatic heterocycles. The number of methoxy groups -OCH3 is 1. The van der Waals surface area contributed by atoms with E-state index in [9.17, 15) is 9.59 Å². The third kappa shape index (κ3) is 5.98. The molecule has 0 aliphatic carbocycles. The molecule has 3 unspecified atom stereocenters. The van der Waals surface area contributed by atoms with Crippen molar-refractivity contribution >= 4 is 11.8 Å². The molecule has 5 nitrogen and oxygen atoms in total. The number of hydrogen-bond acceptors (Lipinski definition) is 3. The Morgan fingerprint density at radius 2 is 1.96 bits per heavy atom. The smallest absolute Gasteiger partial charge is 0.225 e. The minimum absolute atomic E-state index is 0.000926. The second-order valence-electron chi connectivity index (χ2n) is 7.91. The Labute approximate surface area is 169 Å². The molecule has 0 aromatic heterocycles. The zero-order valence-corrected chi connectivity index (χ0v) is 17.9. The largest absolute Gasteiger partial charge is 0.497 e. The summed E-state index contributed by atoms with van der Waals surface area (Å²) >= 11 is 0. The number of ether oxygens (including phenoxy) is 1. The number of unbranched alkanes of at least 4 members (excludes halogenated alkanes) is 1. The van der Waals surface area contributed by atoms with Crippen LogP contribution in [0.2, 0.25) is 0 Å². The van der Waals surface area contributed by atoms with Crippen LogP contribution in [-0.2, 0) is 9.59 Å². The van der Waals surface area contributed by atoms with Crippen molar-refractivity contribution in [3.05, 3.63) is 29.8 Å². The van der Waals surface area contributed by atoms with Gasteiger partial charge in [-0.25, -0.2) is 0 Å². The summed E-state index contributed by atoms with van der Waals surface area (Å²) in [6.45, 7) is 7.47. The van der Waals surface area contributed by atoms with Crippen LogP contribution in [0.15, 0.2) is 24.3 Å². The number of rotatable bonds is 9. The summed E-state index contributed by atoms with van der Waals surface area (Å²) in [5.74, 6) is 0.967. The van der Waals surface area contributed by atoms with Crippen LogP contribution < -0.4 is 10.1 Å². The number of likely N-dealkylation sites (tertiary alicyclic amines) is 1. The highest BCUT2D eigenvalue weighted by molar-refractivity contribution is 5.82. The van der Waals surface area contributed by atoms with Gasteiger partial charge in [0, 0.05) is 19.0 Å². The lowest BCUT2D eigenvalue weighted by Crippen LogP contribution is -2.47. The minimum atomic E-state index is -0.121. The van der Waals surface area contributed by atoms with E-state index in [2.05, 4.69) is 12.2 Å². The first kappa shape index (κ1) is 22.3. The monoisotopic (exact) mass is 388 g/mol. The van der Waals surface area contributed by atoms with Gasteiger partial charge >= 0.3 is 0 Å². The van der Waals surface area contributed by atoms with Crippen molar-refractivity contribution in [1.82, 2.24) is 10.2 Å². The van der Waals surface area contributed by atoms with Crippen molar-refractivity contribution in [2.24, 2.45) is 11.8 Å². The van der Waals surface area contributed by atoms with Gasteiger partial charge in [0.2, 0.25) is 11.8 Å². The first-order valence-electron chi connectivity index (χ1n) is 10.7. The fourth-order valence-corrected chi connectivity index (χ4v) is 3.73. The second kappa shape index (κ2) is 11.1. The van der Waals surface area contributed by atoms with E-state index < -0.39 is 0 Å². The maximum absolute atomic E-state index is 13.0. The van der Waals surface area contributed by atoms with Crippen molar-refractivity contribution in [2.75, 3.05) is 20.2 Å². The molecule has 2 amide bonds. The van der Waals surface area contributed by atoms with E-state index in [0.29, 0.717) is 6.54 Å². The van der Waals surface area contributed by atoms with E-state index >= 15 is 0 Å². The number of amides is 2. The first-order valence-corrected chi connectivity index (χ1v) is 10.7. The highest BCUT2D eigenvalue weighted by atomic mass is 16.5. The molecule has 0 spiro atoms. The number of carbonyl (C=O) groups excluding carboxylic acids is 2. The third-order valence-electron chi connectivity index (χ3n) is 5.82. The molecule has 1 N–H and O–H groups in total. The number of hydrogen-bond donors (Lipinski definition) is 1. The van der Waals surface area contributed by atoms with Gasteiger partial charge in [0.15, 0.2) is 0 Å². The summed E-state index contributed by atoms with van der Waals surface area (Å²) in [4.78, 5) is 27.4. The molecule has 1 aromatic rings. The number of nitrogens with zero attached hydrogens (tertiary/aromatic N) is 1. The van der Waals surface area contributed by atoms with E-state index in [4.69, 9.17) is 4.74 Å². The zero-order valence-electron chi connectivity index (χ0n) is 17.9. The lowest BCUT2D eigenvalue weighted by molar-refractivity contribution is -0.139. The van der Waals surface area contributed by atoms with Gasteiger partial charge in [-0.2, -0.15) is 0 Å². The van der Waals surface area contributed by atoms with Gasteiger partial charge in [-0.15, -0.1) is 0 Å². The van der Waals surface area contributed by atoms with Gasteiger partial charge in [-0.05, 0) is 43.4 Å². The van der Waals surface area contributed by atoms with Gasteiger partial charge in [0.1, 0.15) is 5.75 Å². The molecular weight excluding hydrogens is 352 g/mol. The van der Waals surface area contributed by atoms with Crippen LogP contribution in [0.3, 0.4) is 0 Å². The van der Waals surface area contributed by atoms with Gasteiger partial charge < -0.3 is 15.0 Å². The molecular formula is C23H36N2O3. The maximum Gasteiger partial charge on any atom is 0.225 e. The molecule has 1 fully saturated rings. The number of carbonyl (C=O) groups is 2. The van der Waals surface area contributed by atoms with Gasteiger partial charge in [0.25, 0.3) is 0 Å². The average molecular weight is 389 g/mol. The lowest BCUT2D eigenvalue weighted by Gasteiger charge is -2.34. The Hall–Kier alpha value is -2.04. The quantitative estimate of drug-likeness (QED) is 0.685.